The van der Waals surface area contributed by atoms with Gasteiger partial charge in [-0.15, -0.1) is 0 Å². The number of aliphatic hydroxyl groups excluding tert-OH is 1. The third-order valence-electron chi connectivity index (χ3n) is 17.3. The second kappa shape index (κ2) is 67.3. The van der Waals surface area contributed by atoms with Crippen molar-refractivity contribution in [3.8, 4) is 0 Å². The van der Waals surface area contributed by atoms with Gasteiger partial charge in [0.1, 0.15) is 19.3 Å². The molecule has 5 atom stereocenters. The van der Waals surface area contributed by atoms with Gasteiger partial charge in [0.05, 0.1) is 26.4 Å². The number of aliphatic hydroxyl groups is 1. The van der Waals surface area contributed by atoms with Crippen LogP contribution in [0, 0.1) is 5.92 Å². The minimum atomic E-state index is -4.95. The molecule has 0 amide bonds. The molecule has 17 nitrogen and oxygen atoms in total. The lowest BCUT2D eigenvalue weighted by Gasteiger charge is -2.21. The summed E-state index contributed by atoms with van der Waals surface area (Å²) in [5.74, 6) is -1.45. The van der Waals surface area contributed by atoms with Crippen LogP contribution < -0.4 is 0 Å². The van der Waals surface area contributed by atoms with Gasteiger partial charge >= 0.3 is 39.5 Å². The molecule has 0 aromatic rings. The van der Waals surface area contributed by atoms with Crippen LogP contribution in [0.4, 0.5) is 0 Å². The first kappa shape index (κ1) is 91.1. The van der Waals surface area contributed by atoms with Crippen molar-refractivity contribution in [3.05, 3.63) is 0 Å². The molecule has 3 N–H and O–H groups in total. The van der Waals surface area contributed by atoms with Gasteiger partial charge in [-0.1, -0.05) is 336 Å². The van der Waals surface area contributed by atoms with Crippen molar-refractivity contribution >= 4 is 39.5 Å². The van der Waals surface area contributed by atoms with E-state index in [2.05, 4.69) is 34.6 Å². The van der Waals surface area contributed by atoms with Crippen LogP contribution in [-0.2, 0) is 65.4 Å². The number of carbonyl (C=O) groups excluding carboxylic acids is 4. The molecule has 93 heavy (non-hydrogen) atoms. The van der Waals surface area contributed by atoms with E-state index in [9.17, 15) is 43.2 Å². The van der Waals surface area contributed by atoms with Gasteiger partial charge in [0.25, 0.3) is 0 Å². The molecule has 0 spiro atoms. The number of esters is 4. The summed E-state index contributed by atoms with van der Waals surface area (Å²) in [6.45, 7) is 7.17. The summed E-state index contributed by atoms with van der Waals surface area (Å²) >= 11 is 0. The van der Waals surface area contributed by atoms with E-state index < -0.39 is 97.5 Å². The van der Waals surface area contributed by atoms with Gasteiger partial charge in [-0.25, -0.2) is 9.13 Å². The van der Waals surface area contributed by atoms with Gasteiger partial charge in [-0.05, 0) is 31.6 Å². The van der Waals surface area contributed by atoms with E-state index in [-0.39, 0.29) is 25.7 Å². The van der Waals surface area contributed by atoms with Crippen molar-refractivity contribution in [1.82, 2.24) is 0 Å². The van der Waals surface area contributed by atoms with E-state index in [1.165, 1.54) is 212 Å². The molecule has 0 aromatic carbocycles. The summed E-state index contributed by atoms with van der Waals surface area (Å²) in [5.41, 5.74) is 0. The molecule has 0 bridgehead atoms. The number of phosphoric acid groups is 2. The molecule has 0 aliphatic heterocycles. The fourth-order valence-electron chi connectivity index (χ4n) is 11.4. The van der Waals surface area contributed by atoms with Gasteiger partial charge in [0, 0.05) is 25.7 Å². The molecule has 0 aliphatic carbocycles. The summed E-state index contributed by atoms with van der Waals surface area (Å²) in [6.07, 6.45) is 55.8. The molecule has 0 rings (SSSR count). The maximum atomic E-state index is 13.1. The van der Waals surface area contributed by atoms with Crippen LogP contribution in [0.3, 0.4) is 0 Å². The van der Waals surface area contributed by atoms with Crippen molar-refractivity contribution in [2.75, 3.05) is 39.6 Å². The standard InChI is InChI=1S/C74H144O17P2/c1-6-9-12-15-18-21-23-25-27-29-31-33-35-37-40-43-49-54-59-73(78)90-69(63-85-72(77)58-53-48-42-39-36-34-32-30-28-26-24-22-19-16-13-10-7-2)65-88-92(80,81)86-61-68(75)62-87-93(82,83)89-66-70(91-74(79)60-55-50-45-44-46-51-56-67(4)5)64-84-71(76)57-52-47-41-38-20-17-14-11-8-3/h67-70,75H,6-66H2,1-5H3,(H,80,81)(H,82,83)/t68-,69-,70-/m1/s1. The Morgan fingerprint density at radius 2 is 0.495 bits per heavy atom. The Morgan fingerprint density at radius 3 is 0.731 bits per heavy atom. The smallest absolute Gasteiger partial charge is 0.462 e. The van der Waals surface area contributed by atoms with E-state index in [1.807, 2.05) is 0 Å². The highest BCUT2D eigenvalue weighted by molar-refractivity contribution is 7.47. The monoisotopic (exact) mass is 1370 g/mol. The van der Waals surface area contributed by atoms with Crippen molar-refractivity contribution < 1.29 is 80.2 Å². The molecular formula is C74H144O17P2. The lowest BCUT2D eigenvalue weighted by Crippen LogP contribution is -2.30. The van der Waals surface area contributed by atoms with Crippen molar-refractivity contribution in [2.24, 2.45) is 5.92 Å². The Bertz CT molecular complexity index is 1790. The average Bonchev–Trinajstić information content (AvgIpc) is 2.30. The number of phosphoric ester groups is 2. The molecular weight excluding hydrogens is 1220 g/mol. The highest BCUT2D eigenvalue weighted by Crippen LogP contribution is 2.45. The fraction of sp³-hybridized carbons (Fsp3) is 0.946. The van der Waals surface area contributed by atoms with E-state index in [0.717, 1.165) is 89.9 Å². The molecule has 0 aliphatic rings. The largest absolute Gasteiger partial charge is 0.472 e. The lowest BCUT2D eigenvalue weighted by molar-refractivity contribution is -0.161. The number of rotatable bonds is 74. The average molecular weight is 1370 g/mol. The summed E-state index contributed by atoms with van der Waals surface area (Å²) in [7, 11) is -9.90. The Kier molecular flexibility index (Phi) is 65.9. The van der Waals surface area contributed by atoms with Crippen LogP contribution in [0.25, 0.3) is 0 Å². The Balaban J connectivity index is 5.19. The number of carbonyl (C=O) groups is 4. The maximum absolute atomic E-state index is 13.1. The van der Waals surface area contributed by atoms with Crippen LogP contribution in [0.1, 0.15) is 388 Å². The SMILES string of the molecule is CCCCCCCCCCCCCCCCCCCCC(=O)O[C@H](COC(=O)CCCCCCCCCCCCCCCCCCC)COP(=O)(O)OC[C@@H](O)COP(=O)(O)OC[C@@H](COC(=O)CCCCCCCCCCC)OC(=O)CCCCCCCCC(C)C. The van der Waals surface area contributed by atoms with E-state index in [1.54, 1.807) is 0 Å². The molecule has 0 heterocycles. The normalized spacial score (nSPS) is 14.0. The maximum Gasteiger partial charge on any atom is 0.472 e. The summed E-state index contributed by atoms with van der Waals surface area (Å²) in [5, 5.41) is 10.6. The van der Waals surface area contributed by atoms with Gasteiger partial charge < -0.3 is 33.8 Å². The molecule has 0 fully saturated rings. The highest BCUT2D eigenvalue weighted by Gasteiger charge is 2.30. The van der Waals surface area contributed by atoms with Gasteiger partial charge in [-0.2, -0.15) is 0 Å². The van der Waals surface area contributed by atoms with Gasteiger partial charge in [-0.3, -0.25) is 37.3 Å². The van der Waals surface area contributed by atoms with Crippen LogP contribution in [-0.4, -0.2) is 96.7 Å². The van der Waals surface area contributed by atoms with Crippen LogP contribution in [0.2, 0.25) is 0 Å². The second-order valence-electron chi connectivity index (χ2n) is 27.2. The zero-order valence-corrected chi connectivity index (χ0v) is 62.2. The second-order valence-corrected chi connectivity index (χ2v) is 30.1. The predicted molar refractivity (Wildman–Crippen MR) is 377 cm³/mol. The minimum Gasteiger partial charge on any atom is -0.462 e. The van der Waals surface area contributed by atoms with Crippen molar-refractivity contribution in [1.29, 1.82) is 0 Å². The number of unbranched alkanes of at least 4 members (excludes halogenated alkanes) is 46. The molecule has 0 saturated carbocycles. The van der Waals surface area contributed by atoms with Crippen LogP contribution in [0.5, 0.6) is 0 Å². The van der Waals surface area contributed by atoms with Gasteiger partial charge in [0.15, 0.2) is 12.2 Å². The summed E-state index contributed by atoms with van der Waals surface area (Å²) in [4.78, 5) is 72.6. The first-order valence-corrected chi connectivity index (χ1v) is 41.6. The fourth-order valence-corrected chi connectivity index (χ4v) is 12.9. The molecule has 552 valence electrons. The first-order valence-electron chi connectivity index (χ1n) is 38.6. The number of ether oxygens (including phenoxy) is 4. The van der Waals surface area contributed by atoms with E-state index in [4.69, 9.17) is 37.0 Å². The third-order valence-corrected chi connectivity index (χ3v) is 19.2. The van der Waals surface area contributed by atoms with Crippen LogP contribution >= 0.6 is 15.6 Å². The summed E-state index contributed by atoms with van der Waals surface area (Å²) < 4.78 is 68.3. The molecule has 0 radical (unpaired) electrons. The van der Waals surface area contributed by atoms with Crippen LogP contribution in [0.15, 0.2) is 0 Å². The van der Waals surface area contributed by atoms with E-state index >= 15 is 0 Å². The predicted octanol–water partition coefficient (Wildman–Crippen LogP) is 21.7. The minimum absolute atomic E-state index is 0.103. The molecule has 19 heteroatoms. The van der Waals surface area contributed by atoms with Gasteiger partial charge in [0.2, 0.25) is 0 Å². The van der Waals surface area contributed by atoms with Crippen molar-refractivity contribution in [2.45, 2.75) is 406 Å². The third kappa shape index (κ3) is 68.4. The Labute approximate surface area is 568 Å². The molecule has 0 aromatic heterocycles. The zero-order valence-electron chi connectivity index (χ0n) is 60.4. The quantitative estimate of drug-likeness (QED) is 0.0222. The Hall–Kier alpha value is -1.94. The topological polar surface area (TPSA) is 237 Å². The summed E-state index contributed by atoms with van der Waals surface area (Å²) in [6, 6.07) is 0. The highest BCUT2D eigenvalue weighted by atomic mass is 31.2. The molecule has 2 unspecified atom stereocenters. The number of hydrogen-bond acceptors (Lipinski definition) is 15. The number of hydrogen-bond donors (Lipinski definition) is 3. The lowest BCUT2D eigenvalue weighted by atomic mass is 10.0. The van der Waals surface area contributed by atoms with E-state index in [0.29, 0.717) is 31.6 Å². The first-order chi connectivity index (χ1) is 45.0. The van der Waals surface area contributed by atoms with Crippen molar-refractivity contribution in [3.63, 3.8) is 0 Å². The molecule has 0 saturated heterocycles. The Morgan fingerprint density at radius 1 is 0.290 bits per heavy atom. The zero-order chi connectivity index (χ0) is 68.4.